The van der Waals surface area contributed by atoms with Crippen LogP contribution in [0.1, 0.15) is 11.3 Å². The van der Waals surface area contributed by atoms with E-state index in [1.54, 1.807) is 13.3 Å². The standard InChI is InChI=1S/C14H17N3O2S/c1-11-10-20-14(16-11)17-15-9-12-3-5-13(6-4-12)19-8-7-18-2/h3-6,9-10H,7-8H2,1-2H3,(H,16,17). The second-order valence-corrected chi connectivity index (χ2v) is 4.93. The van der Waals surface area contributed by atoms with Crippen LogP contribution in [0.2, 0.25) is 0 Å². The van der Waals surface area contributed by atoms with Gasteiger partial charge in [0.2, 0.25) is 5.13 Å². The number of aryl methyl sites for hydroxylation is 1. The van der Waals surface area contributed by atoms with E-state index in [2.05, 4.69) is 15.5 Å². The molecule has 1 N–H and O–H groups in total. The Kier molecular flexibility index (Phi) is 5.52. The van der Waals surface area contributed by atoms with Crippen molar-refractivity contribution in [2.45, 2.75) is 6.92 Å². The smallest absolute Gasteiger partial charge is 0.203 e. The molecule has 6 heteroatoms. The molecule has 0 aliphatic heterocycles. The van der Waals surface area contributed by atoms with Crippen molar-refractivity contribution in [1.82, 2.24) is 4.98 Å². The molecule has 0 unspecified atom stereocenters. The number of benzene rings is 1. The van der Waals surface area contributed by atoms with Gasteiger partial charge < -0.3 is 9.47 Å². The Morgan fingerprint density at radius 2 is 2.10 bits per heavy atom. The average Bonchev–Trinajstić information content (AvgIpc) is 2.87. The Morgan fingerprint density at radius 1 is 1.30 bits per heavy atom. The van der Waals surface area contributed by atoms with Crippen LogP contribution in [0.4, 0.5) is 5.13 Å². The van der Waals surface area contributed by atoms with Crippen molar-refractivity contribution in [3.63, 3.8) is 0 Å². The number of hydrogen-bond donors (Lipinski definition) is 1. The molecule has 0 bridgehead atoms. The minimum Gasteiger partial charge on any atom is -0.491 e. The predicted octanol–water partition coefficient (Wildman–Crippen LogP) is 2.92. The van der Waals surface area contributed by atoms with Crippen molar-refractivity contribution in [3.8, 4) is 5.75 Å². The van der Waals surface area contributed by atoms with E-state index in [1.807, 2.05) is 36.6 Å². The summed E-state index contributed by atoms with van der Waals surface area (Å²) >= 11 is 1.53. The first kappa shape index (κ1) is 14.5. The quantitative estimate of drug-likeness (QED) is 0.484. The Bertz CT molecular complexity index is 552. The number of ether oxygens (including phenoxy) is 2. The van der Waals surface area contributed by atoms with Gasteiger partial charge in [0.05, 0.1) is 18.5 Å². The van der Waals surface area contributed by atoms with Gasteiger partial charge in [-0.2, -0.15) is 5.10 Å². The summed E-state index contributed by atoms with van der Waals surface area (Å²) in [7, 11) is 1.65. The van der Waals surface area contributed by atoms with Crippen molar-refractivity contribution in [3.05, 3.63) is 40.9 Å². The van der Waals surface area contributed by atoms with Gasteiger partial charge in [-0.1, -0.05) is 0 Å². The lowest BCUT2D eigenvalue weighted by molar-refractivity contribution is 0.146. The summed E-state index contributed by atoms with van der Waals surface area (Å²) in [5.74, 6) is 0.822. The number of thiazole rings is 1. The normalized spacial score (nSPS) is 10.9. The van der Waals surface area contributed by atoms with Crippen LogP contribution < -0.4 is 10.2 Å². The van der Waals surface area contributed by atoms with E-state index in [1.165, 1.54) is 11.3 Å². The summed E-state index contributed by atoms with van der Waals surface area (Å²) in [6, 6.07) is 7.70. The van der Waals surface area contributed by atoms with E-state index in [4.69, 9.17) is 9.47 Å². The average molecular weight is 291 g/mol. The number of nitrogens with one attached hydrogen (secondary N) is 1. The van der Waals surface area contributed by atoms with E-state index >= 15 is 0 Å². The fraction of sp³-hybridized carbons (Fsp3) is 0.286. The fourth-order valence-corrected chi connectivity index (χ4v) is 2.10. The first-order valence-electron chi connectivity index (χ1n) is 6.21. The summed E-state index contributed by atoms with van der Waals surface area (Å²) in [5, 5.41) is 6.91. The lowest BCUT2D eigenvalue weighted by atomic mass is 10.2. The Morgan fingerprint density at radius 3 is 2.75 bits per heavy atom. The van der Waals surface area contributed by atoms with E-state index in [9.17, 15) is 0 Å². The van der Waals surface area contributed by atoms with Crippen molar-refractivity contribution in [2.75, 3.05) is 25.7 Å². The molecule has 1 aromatic heterocycles. The predicted molar refractivity (Wildman–Crippen MR) is 81.9 cm³/mol. The molecular weight excluding hydrogens is 274 g/mol. The second kappa shape index (κ2) is 7.62. The largest absolute Gasteiger partial charge is 0.491 e. The SMILES string of the molecule is COCCOc1ccc(C=NNc2nc(C)cs2)cc1. The molecule has 1 aromatic carbocycles. The number of rotatable bonds is 7. The molecule has 1 heterocycles. The highest BCUT2D eigenvalue weighted by atomic mass is 32.1. The molecule has 20 heavy (non-hydrogen) atoms. The number of hydrogen-bond acceptors (Lipinski definition) is 6. The summed E-state index contributed by atoms with van der Waals surface area (Å²) in [6.07, 6.45) is 1.75. The van der Waals surface area contributed by atoms with Gasteiger partial charge in [-0.3, -0.25) is 5.43 Å². The van der Waals surface area contributed by atoms with Crippen LogP contribution in [0.5, 0.6) is 5.75 Å². The van der Waals surface area contributed by atoms with Crippen molar-refractivity contribution in [2.24, 2.45) is 5.10 Å². The second-order valence-electron chi connectivity index (χ2n) is 4.07. The van der Waals surface area contributed by atoms with Crippen molar-refractivity contribution >= 4 is 22.7 Å². The Hall–Kier alpha value is -1.92. The number of aromatic nitrogens is 1. The monoisotopic (exact) mass is 291 g/mol. The van der Waals surface area contributed by atoms with E-state index < -0.39 is 0 Å². The number of nitrogens with zero attached hydrogens (tertiary/aromatic N) is 2. The lowest BCUT2D eigenvalue weighted by Crippen LogP contribution is -2.04. The number of hydrazone groups is 1. The van der Waals surface area contributed by atoms with E-state index in [-0.39, 0.29) is 0 Å². The Labute approximate surface area is 122 Å². The van der Waals surface area contributed by atoms with Crippen molar-refractivity contribution in [1.29, 1.82) is 0 Å². The summed E-state index contributed by atoms with van der Waals surface area (Å²) in [5.41, 5.74) is 4.88. The summed E-state index contributed by atoms with van der Waals surface area (Å²) < 4.78 is 10.4. The molecule has 0 amide bonds. The maximum Gasteiger partial charge on any atom is 0.203 e. The molecule has 2 rings (SSSR count). The van der Waals surface area contributed by atoms with Crippen LogP contribution in [0.3, 0.4) is 0 Å². The highest BCUT2D eigenvalue weighted by Crippen LogP contribution is 2.14. The molecular formula is C14H17N3O2S. The molecule has 106 valence electrons. The van der Waals surface area contributed by atoms with Crippen LogP contribution in [0.25, 0.3) is 0 Å². The third kappa shape index (κ3) is 4.64. The lowest BCUT2D eigenvalue weighted by Gasteiger charge is -2.05. The van der Waals surface area contributed by atoms with Gasteiger partial charge >= 0.3 is 0 Å². The highest BCUT2D eigenvalue weighted by Gasteiger charge is 1.96. The third-order valence-electron chi connectivity index (χ3n) is 2.43. The molecule has 0 saturated carbocycles. The molecule has 5 nitrogen and oxygen atoms in total. The topological polar surface area (TPSA) is 55.7 Å². The zero-order valence-electron chi connectivity index (χ0n) is 11.5. The Balaban J connectivity index is 1.83. The number of anilines is 1. The molecule has 0 fully saturated rings. The molecule has 0 atom stereocenters. The van der Waals surface area contributed by atoms with Gasteiger partial charge in [0.1, 0.15) is 12.4 Å². The van der Waals surface area contributed by atoms with Gasteiger partial charge in [-0.25, -0.2) is 4.98 Å². The summed E-state index contributed by atoms with van der Waals surface area (Å²) in [6.45, 7) is 3.09. The molecule has 0 aliphatic carbocycles. The first-order valence-corrected chi connectivity index (χ1v) is 7.09. The van der Waals surface area contributed by atoms with Gasteiger partial charge in [-0.05, 0) is 36.8 Å². The minimum absolute atomic E-state index is 0.550. The molecule has 0 saturated heterocycles. The van der Waals surface area contributed by atoms with E-state index in [0.29, 0.717) is 13.2 Å². The fourth-order valence-electron chi connectivity index (χ4n) is 1.46. The van der Waals surface area contributed by atoms with Crippen LogP contribution >= 0.6 is 11.3 Å². The van der Waals surface area contributed by atoms with Crippen LogP contribution in [0, 0.1) is 6.92 Å². The van der Waals surface area contributed by atoms with Gasteiger partial charge in [0, 0.05) is 12.5 Å². The zero-order chi connectivity index (χ0) is 14.2. The molecule has 0 radical (unpaired) electrons. The van der Waals surface area contributed by atoms with Crippen LogP contribution in [-0.4, -0.2) is 31.5 Å². The maximum absolute atomic E-state index is 5.48. The van der Waals surface area contributed by atoms with E-state index in [0.717, 1.165) is 22.1 Å². The highest BCUT2D eigenvalue weighted by molar-refractivity contribution is 7.13. The van der Waals surface area contributed by atoms with Gasteiger partial charge in [-0.15, -0.1) is 11.3 Å². The van der Waals surface area contributed by atoms with Crippen LogP contribution in [-0.2, 0) is 4.74 Å². The maximum atomic E-state index is 5.48. The van der Waals surface area contributed by atoms with Crippen LogP contribution in [0.15, 0.2) is 34.7 Å². The number of methoxy groups -OCH3 is 1. The van der Waals surface area contributed by atoms with Crippen molar-refractivity contribution < 1.29 is 9.47 Å². The molecule has 0 aliphatic rings. The molecule has 2 aromatic rings. The summed E-state index contributed by atoms with van der Waals surface area (Å²) in [4.78, 5) is 4.26. The van der Waals surface area contributed by atoms with Gasteiger partial charge in [0.15, 0.2) is 0 Å². The van der Waals surface area contributed by atoms with Gasteiger partial charge in [0.25, 0.3) is 0 Å². The molecule has 0 spiro atoms. The minimum atomic E-state index is 0.550. The zero-order valence-corrected chi connectivity index (χ0v) is 12.3. The third-order valence-corrected chi connectivity index (χ3v) is 3.29. The first-order chi connectivity index (χ1) is 9.78.